The summed E-state index contributed by atoms with van der Waals surface area (Å²) in [6.07, 6.45) is 5.44. The van der Waals surface area contributed by atoms with Crippen molar-refractivity contribution in [3.05, 3.63) is 35.9 Å². The first kappa shape index (κ1) is 10.4. The average Bonchev–Trinajstić information content (AvgIpc) is 2.66. The molecule has 0 spiro atoms. The zero-order valence-corrected chi connectivity index (χ0v) is 9.52. The summed E-state index contributed by atoms with van der Waals surface area (Å²) in [5, 5.41) is 2.82. The van der Waals surface area contributed by atoms with Crippen LogP contribution in [-0.4, -0.2) is 19.0 Å². The summed E-state index contributed by atoms with van der Waals surface area (Å²) in [4.78, 5) is 13.7. The molecule has 0 bridgehead atoms. The molecule has 0 saturated carbocycles. The summed E-state index contributed by atoms with van der Waals surface area (Å²) in [6.45, 7) is 1.95. The molecule has 2 aliphatic heterocycles. The lowest BCUT2D eigenvalue weighted by atomic mass is 10.1. The number of nitrogens with one attached hydrogen (secondary N) is 1. The third-order valence-corrected chi connectivity index (χ3v) is 3.34. The highest BCUT2D eigenvalue weighted by Crippen LogP contribution is 2.33. The highest BCUT2D eigenvalue weighted by Gasteiger charge is 2.27. The normalized spacial score (nSPS) is 22.5. The second-order valence-electron chi connectivity index (χ2n) is 4.44. The van der Waals surface area contributed by atoms with Crippen LogP contribution in [0.2, 0.25) is 0 Å². The highest BCUT2D eigenvalue weighted by atomic mass is 16.2. The lowest BCUT2D eigenvalue weighted by Crippen LogP contribution is -2.26. The van der Waals surface area contributed by atoms with Gasteiger partial charge < -0.3 is 16.0 Å². The number of benzene rings is 1. The Bertz CT molecular complexity index is 495. The van der Waals surface area contributed by atoms with Gasteiger partial charge in [0.05, 0.1) is 0 Å². The molecule has 88 valence electrons. The first-order chi connectivity index (χ1) is 8.25. The van der Waals surface area contributed by atoms with Crippen LogP contribution in [0, 0.1) is 0 Å². The predicted molar refractivity (Wildman–Crippen MR) is 68.0 cm³/mol. The molecule has 4 heteroatoms. The first-order valence-electron chi connectivity index (χ1n) is 5.86. The van der Waals surface area contributed by atoms with E-state index in [1.165, 1.54) is 0 Å². The van der Waals surface area contributed by atoms with Crippen LogP contribution in [-0.2, 0) is 4.79 Å². The minimum atomic E-state index is -0.514. The van der Waals surface area contributed by atoms with E-state index in [1.807, 2.05) is 18.2 Å². The third-order valence-electron chi connectivity index (χ3n) is 3.34. The number of hydrogen-bond donors (Lipinski definition) is 2. The number of carbonyl (C=O) groups excluding carboxylic acids is 1. The van der Waals surface area contributed by atoms with Crippen molar-refractivity contribution >= 4 is 17.3 Å². The Kier molecular flexibility index (Phi) is 2.37. The van der Waals surface area contributed by atoms with Crippen LogP contribution in [0.15, 0.2) is 30.4 Å². The Hall–Kier alpha value is -1.81. The van der Waals surface area contributed by atoms with Crippen molar-refractivity contribution in [1.82, 2.24) is 0 Å². The Morgan fingerprint density at radius 1 is 1.35 bits per heavy atom. The van der Waals surface area contributed by atoms with Gasteiger partial charge in [0.15, 0.2) is 0 Å². The second-order valence-corrected chi connectivity index (χ2v) is 4.44. The van der Waals surface area contributed by atoms with Gasteiger partial charge in [-0.2, -0.15) is 0 Å². The molecule has 1 amide bonds. The van der Waals surface area contributed by atoms with Gasteiger partial charge in [0.25, 0.3) is 0 Å². The largest absolute Gasteiger partial charge is 0.367 e. The molecular formula is C13H15N3O. The summed E-state index contributed by atoms with van der Waals surface area (Å²) in [7, 11) is 0. The number of hydrogen-bond acceptors (Lipinski definition) is 3. The molecule has 2 heterocycles. The number of anilines is 2. The van der Waals surface area contributed by atoms with Gasteiger partial charge in [0.2, 0.25) is 5.91 Å². The van der Waals surface area contributed by atoms with Gasteiger partial charge in [0, 0.05) is 30.0 Å². The molecule has 17 heavy (non-hydrogen) atoms. The van der Waals surface area contributed by atoms with Crippen molar-refractivity contribution in [1.29, 1.82) is 0 Å². The minimum Gasteiger partial charge on any atom is -0.367 e. The van der Waals surface area contributed by atoms with Gasteiger partial charge in [-0.15, -0.1) is 0 Å². The molecule has 0 aromatic heterocycles. The highest BCUT2D eigenvalue weighted by molar-refractivity contribution is 6.02. The van der Waals surface area contributed by atoms with Crippen LogP contribution in [0.5, 0.6) is 0 Å². The number of nitrogens with two attached hydrogens (primary N) is 1. The van der Waals surface area contributed by atoms with Gasteiger partial charge in [-0.3, -0.25) is 4.79 Å². The number of nitrogens with zero attached hydrogens (tertiary/aromatic N) is 1. The molecule has 2 aliphatic rings. The monoisotopic (exact) mass is 229 g/mol. The minimum absolute atomic E-state index is 0.115. The molecule has 3 N–H and O–H groups in total. The summed E-state index contributed by atoms with van der Waals surface area (Å²) in [5.74, 6) is -0.115. The topological polar surface area (TPSA) is 58.4 Å². The van der Waals surface area contributed by atoms with Crippen molar-refractivity contribution in [2.24, 2.45) is 5.73 Å². The third kappa shape index (κ3) is 1.70. The fraction of sp³-hybridized carbons (Fsp3) is 0.308. The van der Waals surface area contributed by atoms with E-state index in [9.17, 15) is 4.79 Å². The molecule has 0 saturated heterocycles. The average molecular weight is 229 g/mol. The molecule has 0 aliphatic carbocycles. The molecule has 1 atom stereocenters. The van der Waals surface area contributed by atoms with Crippen molar-refractivity contribution in [2.45, 2.75) is 12.5 Å². The lowest BCUT2D eigenvalue weighted by Gasteiger charge is -2.26. The molecule has 1 aromatic rings. The van der Waals surface area contributed by atoms with Crippen LogP contribution in [0.1, 0.15) is 18.0 Å². The number of rotatable bonds is 1. The van der Waals surface area contributed by atoms with Crippen LogP contribution in [0.25, 0.3) is 0 Å². The Morgan fingerprint density at radius 2 is 2.24 bits per heavy atom. The molecule has 3 rings (SSSR count). The molecular weight excluding hydrogens is 214 g/mol. The quantitative estimate of drug-likeness (QED) is 0.716. The van der Waals surface area contributed by atoms with Crippen LogP contribution >= 0.6 is 0 Å². The van der Waals surface area contributed by atoms with E-state index in [0.29, 0.717) is 0 Å². The summed E-state index contributed by atoms with van der Waals surface area (Å²) < 4.78 is 0. The number of carbonyl (C=O) groups is 1. The van der Waals surface area contributed by atoms with E-state index in [-0.39, 0.29) is 5.91 Å². The van der Waals surface area contributed by atoms with Gasteiger partial charge in [-0.1, -0.05) is 18.2 Å². The Labute approximate surface area is 100 Å². The van der Waals surface area contributed by atoms with Gasteiger partial charge in [0.1, 0.15) is 6.04 Å². The Morgan fingerprint density at radius 3 is 3.00 bits per heavy atom. The van der Waals surface area contributed by atoms with E-state index in [4.69, 9.17) is 5.73 Å². The first-order valence-corrected chi connectivity index (χ1v) is 5.86. The van der Waals surface area contributed by atoms with E-state index >= 15 is 0 Å². The fourth-order valence-corrected chi connectivity index (χ4v) is 2.35. The summed E-state index contributed by atoms with van der Waals surface area (Å²) in [5.41, 5.74) is 8.67. The maximum absolute atomic E-state index is 11.5. The van der Waals surface area contributed by atoms with Crippen LogP contribution in [0.4, 0.5) is 11.4 Å². The predicted octanol–water partition coefficient (Wildman–Crippen LogP) is 1.40. The molecule has 4 nitrogen and oxygen atoms in total. The maximum atomic E-state index is 11.5. The molecule has 0 radical (unpaired) electrons. The summed E-state index contributed by atoms with van der Waals surface area (Å²) in [6, 6.07) is 5.49. The van der Waals surface area contributed by atoms with Crippen molar-refractivity contribution in [3.8, 4) is 0 Å². The van der Waals surface area contributed by atoms with Crippen LogP contribution < -0.4 is 16.0 Å². The van der Waals surface area contributed by atoms with E-state index in [1.54, 1.807) is 0 Å². The second kappa shape index (κ2) is 3.89. The van der Waals surface area contributed by atoms with E-state index in [2.05, 4.69) is 22.4 Å². The molecule has 1 unspecified atom stereocenters. The molecule has 1 aromatic carbocycles. The smallest absolute Gasteiger partial charge is 0.245 e. The lowest BCUT2D eigenvalue weighted by molar-refractivity contribution is -0.116. The maximum Gasteiger partial charge on any atom is 0.245 e. The van der Waals surface area contributed by atoms with Crippen molar-refractivity contribution < 1.29 is 4.79 Å². The van der Waals surface area contributed by atoms with Crippen molar-refractivity contribution in [3.63, 3.8) is 0 Å². The van der Waals surface area contributed by atoms with Gasteiger partial charge in [-0.25, -0.2) is 0 Å². The summed E-state index contributed by atoms with van der Waals surface area (Å²) >= 11 is 0. The van der Waals surface area contributed by atoms with E-state index in [0.717, 1.165) is 36.4 Å². The van der Waals surface area contributed by atoms with Gasteiger partial charge in [-0.05, 0) is 18.6 Å². The standard InChI is InChI=1S/C13H15N3O/c14-12-10-5-4-9(8-11(10)15-13(12)17)16-6-2-1-3-7-16/h1-2,4-5,8,12H,3,6-7,14H2,(H,15,17). The Balaban J connectivity index is 1.92. The SMILES string of the molecule is NC1C(=O)Nc2cc(N3CC=CCC3)ccc21. The van der Waals surface area contributed by atoms with E-state index < -0.39 is 6.04 Å². The number of fused-ring (bicyclic) bond motifs is 1. The number of amides is 1. The van der Waals surface area contributed by atoms with Crippen LogP contribution in [0.3, 0.4) is 0 Å². The van der Waals surface area contributed by atoms with Gasteiger partial charge >= 0.3 is 0 Å². The molecule has 0 fully saturated rings. The zero-order chi connectivity index (χ0) is 11.8. The van der Waals surface area contributed by atoms with Crippen molar-refractivity contribution in [2.75, 3.05) is 23.3 Å². The zero-order valence-electron chi connectivity index (χ0n) is 9.52. The fourth-order valence-electron chi connectivity index (χ4n) is 2.35.